The lowest BCUT2D eigenvalue weighted by Gasteiger charge is -2.19. The average molecular weight is 296 g/mol. The first-order chi connectivity index (χ1) is 9.43. The molecule has 6 nitrogen and oxygen atoms in total. The third-order valence-electron chi connectivity index (χ3n) is 3.02. The molecule has 20 heavy (non-hydrogen) atoms. The van der Waals surface area contributed by atoms with Gasteiger partial charge in [-0.1, -0.05) is 20.8 Å². The van der Waals surface area contributed by atoms with Crippen LogP contribution in [0, 0.1) is 5.92 Å². The molecule has 0 fully saturated rings. The highest BCUT2D eigenvalue weighted by molar-refractivity contribution is 7.84. The maximum atomic E-state index is 12.1. The van der Waals surface area contributed by atoms with E-state index in [0.717, 1.165) is 6.42 Å². The van der Waals surface area contributed by atoms with E-state index in [4.69, 9.17) is 5.73 Å². The number of rotatable bonds is 5. The Labute approximate surface area is 121 Å². The third-order valence-corrected chi connectivity index (χ3v) is 4.39. The molecule has 1 atom stereocenters. The standard InChI is InChI=1S/C13H20N4O2S/c1-4-5-20(19)13-15-11(14)9-6-10(18)17(7-8(2)3)12(9)16-13/h8H,4-7H2,1-3H3,(H2,14,15,16). The molecule has 110 valence electrons. The minimum Gasteiger partial charge on any atom is -0.383 e. The van der Waals surface area contributed by atoms with Crippen LogP contribution in [0.3, 0.4) is 0 Å². The second kappa shape index (κ2) is 5.87. The van der Waals surface area contributed by atoms with Gasteiger partial charge in [0.1, 0.15) is 11.6 Å². The highest BCUT2D eigenvalue weighted by atomic mass is 32.2. The van der Waals surface area contributed by atoms with Gasteiger partial charge >= 0.3 is 0 Å². The fourth-order valence-electron chi connectivity index (χ4n) is 2.16. The molecule has 2 rings (SSSR count). The number of amides is 1. The third kappa shape index (κ3) is 2.82. The summed E-state index contributed by atoms with van der Waals surface area (Å²) in [6.07, 6.45) is 1.01. The molecule has 0 saturated carbocycles. The van der Waals surface area contributed by atoms with Crippen molar-refractivity contribution in [3.8, 4) is 0 Å². The van der Waals surface area contributed by atoms with Crippen LogP contribution < -0.4 is 10.6 Å². The van der Waals surface area contributed by atoms with Crippen LogP contribution in [0.1, 0.15) is 32.8 Å². The Morgan fingerprint density at radius 3 is 2.70 bits per heavy atom. The van der Waals surface area contributed by atoms with Gasteiger partial charge in [-0.15, -0.1) is 0 Å². The second-order valence-electron chi connectivity index (χ2n) is 5.32. The quantitative estimate of drug-likeness (QED) is 0.822. The van der Waals surface area contributed by atoms with Crippen molar-refractivity contribution in [1.29, 1.82) is 0 Å². The summed E-state index contributed by atoms with van der Waals surface area (Å²) in [7, 11) is -1.27. The number of carbonyl (C=O) groups excluding carboxylic acids is 1. The van der Waals surface area contributed by atoms with Gasteiger partial charge in [-0.05, 0) is 12.3 Å². The van der Waals surface area contributed by atoms with E-state index in [1.54, 1.807) is 4.90 Å². The number of aromatic nitrogens is 2. The molecule has 0 radical (unpaired) electrons. The van der Waals surface area contributed by atoms with Crippen LogP contribution in [-0.2, 0) is 22.0 Å². The number of hydrogen-bond donors (Lipinski definition) is 1. The van der Waals surface area contributed by atoms with E-state index < -0.39 is 10.8 Å². The molecular formula is C13H20N4O2S. The van der Waals surface area contributed by atoms with E-state index in [-0.39, 0.29) is 23.3 Å². The Balaban J connectivity index is 2.41. The predicted molar refractivity (Wildman–Crippen MR) is 78.9 cm³/mol. The summed E-state index contributed by atoms with van der Waals surface area (Å²) in [5.74, 6) is 1.61. The zero-order valence-electron chi connectivity index (χ0n) is 12.0. The minimum atomic E-state index is -1.27. The van der Waals surface area contributed by atoms with Crippen LogP contribution in [0.25, 0.3) is 0 Å². The van der Waals surface area contributed by atoms with E-state index in [1.165, 1.54) is 0 Å². The first-order valence-corrected chi connectivity index (χ1v) is 8.11. The summed E-state index contributed by atoms with van der Waals surface area (Å²) < 4.78 is 12.0. The molecule has 1 aromatic heterocycles. The van der Waals surface area contributed by atoms with Gasteiger partial charge < -0.3 is 5.73 Å². The molecule has 1 unspecified atom stereocenters. The van der Waals surface area contributed by atoms with Crippen LogP contribution in [-0.4, -0.2) is 32.4 Å². The summed E-state index contributed by atoms with van der Waals surface area (Å²) in [6, 6.07) is 0. The van der Waals surface area contributed by atoms with Crippen LogP contribution >= 0.6 is 0 Å². The molecule has 2 N–H and O–H groups in total. The van der Waals surface area contributed by atoms with Gasteiger partial charge in [-0.3, -0.25) is 13.9 Å². The largest absolute Gasteiger partial charge is 0.383 e. The van der Waals surface area contributed by atoms with E-state index in [2.05, 4.69) is 9.97 Å². The van der Waals surface area contributed by atoms with Crippen molar-refractivity contribution in [3.05, 3.63) is 5.56 Å². The zero-order valence-corrected chi connectivity index (χ0v) is 12.9. The van der Waals surface area contributed by atoms with Crippen LogP contribution in [0.2, 0.25) is 0 Å². The van der Waals surface area contributed by atoms with Crippen LogP contribution in [0.4, 0.5) is 11.6 Å². The van der Waals surface area contributed by atoms with Gasteiger partial charge in [0.2, 0.25) is 11.1 Å². The molecule has 1 aliphatic rings. The molecule has 0 aromatic carbocycles. The monoisotopic (exact) mass is 296 g/mol. The number of carbonyl (C=O) groups is 1. The number of nitrogens with zero attached hydrogens (tertiary/aromatic N) is 3. The second-order valence-corrected chi connectivity index (χ2v) is 6.78. The Bertz CT molecular complexity index is 560. The number of nitrogen functional groups attached to an aromatic ring is 1. The van der Waals surface area contributed by atoms with Gasteiger partial charge in [0.15, 0.2) is 0 Å². The highest BCUT2D eigenvalue weighted by Crippen LogP contribution is 2.31. The molecule has 0 aliphatic carbocycles. The van der Waals surface area contributed by atoms with Crippen molar-refractivity contribution in [1.82, 2.24) is 9.97 Å². The number of anilines is 2. The summed E-state index contributed by atoms with van der Waals surface area (Å²) in [5, 5.41) is 0.228. The lowest BCUT2D eigenvalue weighted by molar-refractivity contribution is -0.117. The Kier molecular flexibility index (Phi) is 4.37. The van der Waals surface area contributed by atoms with Gasteiger partial charge in [0, 0.05) is 17.9 Å². The lowest BCUT2D eigenvalue weighted by atomic mass is 10.2. The van der Waals surface area contributed by atoms with Crippen molar-refractivity contribution in [2.24, 2.45) is 5.92 Å². The molecule has 0 spiro atoms. The van der Waals surface area contributed by atoms with E-state index in [0.29, 0.717) is 29.6 Å². The molecular weight excluding hydrogens is 276 g/mol. The van der Waals surface area contributed by atoms with E-state index >= 15 is 0 Å². The summed E-state index contributed by atoms with van der Waals surface area (Å²) in [4.78, 5) is 22.1. The maximum Gasteiger partial charge on any atom is 0.232 e. The van der Waals surface area contributed by atoms with Crippen molar-refractivity contribution >= 4 is 28.3 Å². The fraction of sp³-hybridized carbons (Fsp3) is 0.615. The van der Waals surface area contributed by atoms with Crippen molar-refractivity contribution in [2.75, 3.05) is 22.9 Å². The normalized spacial score (nSPS) is 15.8. The zero-order chi connectivity index (χ0) is 14.9. The fourth-order valence-corrected chi connectivity index (χ4v) is 3.10. The van der Waals surface area contributed by atoms with Gasteiger partial charge in [0.05, 0.1) is 17.2 Å². The molecule has 7 heteroatoms. The summed E-state index contributed by atoms with van der Waals surface area (Å²) in [5.41, 5.74) is 6.56. The molecule has 0 saturated heterocycles. The summed E-state index contributed by atoms with van der Waals surface area (Å²) >= 11 is 0. The summed E-state index contributed by atoms with van der Waals surface area (Å²) in [6.45, 7) is 6.60. The van der Waals surface area contributed by atoms with Crippen molar-refractivity contribution in [2.45, 2.75) is 38.8 Å². The Morgan fingerprint density at radius 1 is 1.40 bits per heavy atom. The van der Waals surface area contributed by atoms with E-state index in [9.17, 15) is 9.00 Å². The predicted octanol–water partition coefficient (Wildman–Crippen LogP) is 1.12. The SMILES string of the molecule is CCCS(=O)c1nc(N)c2c(n1)N(CC(C)C)C(=O)C2. The van der Waals surface area contributed by atoms with Gasteiger partial charge in [0.25, 0.3) is 0 Å². The van der Waals surface area contributed by atoms with Gasteiger partial charge in [-0.25, -0.2) is 9.97 Å². The molecule has 0 bridgehead atoms. The molecule has 1 aromatic rings. The Hall–Kier alpha value is -1.50. The number of fused-ring (bicyclic) bond motifs is 1. The average Bonchev–Trinajstić information content (AvgIpc) is 2.67. The van der Waals surface area contributed by atoms with Crippen LogP contribution in [0.5, 0.6) is 0 Å². The highest BCUT2D eigenvalue weighted by Gasteiger charge is 2.32. The molecule has 1 amide bonds. The first kappa shape index (κ1) is 14.9. The first-order valence-electron chi connectivity index (χ1n) is 6.79. The maximum absolute atomic E-state index is 12.1. The topological polar surface area (TPSA) is 89.2 Å². The number of nitrogens with two attached hydrogens (primary N) is 1. The molecule has 2 heterocycles. The minimum absolute atomic E-state index is 0.0203. The van der Waals surface area contributed by atoms with Gasteiger partial charge in [-0.2, -0.15) is 0 Å². The Morgan fingerprint density at radius 2 is 2.10 bits per heavy atom. The van der Waals surface area contributed by atoms with E-state index in [1.807, 2.05) is 20.8 Å². The lowest BCUT2D eigenvalue weighted by Crippen LogP contribution is -2.31. The number of hydrogen-bond acceptors (Lipinski definition) is 5. The van der Waals surface area contributed by atoms with Crippen molar-refractivity contribution < 1.29 is 9.00 Å². The van der Waals surface area contributed by atoms with Crippen molar-refractivity contribution in [3.63, 3.8) is 0 Å². The molecule has 1 aliphatic heterocycles. The smallest absolute Gasteiger partial charge is 0.232 e. The van der Waals surface area contributed by atoms with Crippen LogP contribution in [0.15, 0.2) is 5.16 Å².